The molecule has 0 fully saturated rings. The number of rotatable bonds is 1. The molecule has 0 radical (unpaired) electrons. The largest absolute Gasteiger partial charge is 0.376 e. The molecule has 4 aliphatic rings. The molecule has 0 N–H and O–H groups in total. The summed E-state index contributed by atoms with van der Waals surface area (Å²) in [5.74, 6) is 0. The van der Waals surface area contributed by atoms with Gasteiger partial charge in [0.05, 0.1) is 11.0 Å². The standard InChI is InChI=1S/C62H53BN2S/c1-59(2,3)34-23-26-36(27-24-34)65-50-33-47-40(37-17-11-14-20-44(37)62(47,9)10)30-43(50)55-56-57-53(54-39-19-13-16-22-52(39)66-58(54)55)42-29-35(60(4,5)6)25-28-49(42)64(57)51-31-41-38-18-12-15-21-45(38)61(7,8)46(41)32-48(51)63(56)65/h11-33H,1-10H3. The van der Waals surface area contributed by atoms with Crippen LogP contribution in [0.25, 0.3) is 81.0 Å². The number of hydrogen-bond donors (Lipinski definition) is 0. The van der Waals surface area contributed by atoms with E-state index >= 15 is 0 Å². The second-order valence-electron chi connectivity index (χ2n) is 22.9. The fourth-order valence-electron chi connectivity index (χ4n) is 13.0. The Labute approximate surface area is 392 Å². The lowest BCUT2D eigenvalue weighted by Crippen LogP contribution is -2.60. The fourth-order valence-corrected chi connectivity index (χ4v) is 14.3. The highest BCUT2D eigenvalue weighted by atomic mass is 32.1. The number of anilines is 2. The van der Waals surface area contributed by atoms with Crippen molar-refractivity contribution in [2.45, 2.75) is 90.9 Å². The Bertz CT molecular complexity index is 3840. The first-order valence-corrected chi connectivity index (χ1v) is 24.8. The predicted octanol–water partition coefficient (Wildman–Crippen LogP) is 15.6. The second-order valence-corrected chi connectivity index (χ2v) is 24.0. The first kappa shape index (κ1) is 38.9. The number of nitrogens with zero attached hydrogens (tertiary/aromatic N) is 2. The Hall–Kier alpha value is -6.36. The number of hydrogen-bond acceptors (Lipinski definition) is 2. The van der Waals surface area contributed by atoms with Crippen LogP contribution in [-0.2, 0) is 21.7 Å². The van der Waals surface area contributed by atoms with Crippen LogP contribution in [0.2, 0.25) is 0 Å². The summed E-state index contributed by atoms with van der Waals surface area (Å²) in [6.45, 7) is 23.7. The first-order chi connectivity index (χ1) is 31.5. The SMILES string of the molecule is CC(C)(C)c1ccc(N2B3c4cc5c(cc4-n4c6ccc(C(C)(C)C)cc6c6c7c(sc8ccccc87)c(c3c64)-c3cc4c(cc32)C(C)(C)c2ccccc2-4)-c2ccccc2C5(C)C)cc1. The first-order valence-electron chi connectivity index (χ1n) is 24.0. The van der Waals surface area contributed by atoms with Gasteiger partial charge in [-0.3, -0.25) is 0 Å². The minimum absolute atomic E-state index is 0.0111. The van der Waals surface area contributed by atoms with Crippen molar-refractivity contribution in [1.82, 2.24) is 4.57 Å². The molecule has 8 aromatic carbocycles. The Morgan fingerprint density at radius 3 is 1.79 bits per heavy atom. The van der Waals surface area contributed by atoms with E-state index in [-0.39, 0.29) is 28.5 Å². The minimum atomic E-state index is -0.155. The normalized spacial score (nSPS) is 15.9. The maximum absolute atomic E-state index is 2.77. The number of aromatic nitrogens is 1. The zero-order chi connectivity index (χ0) is 45.1. The molecule has 2 aliphatic carbocycles. The van der Waals surface area contributed by atoms with Gasteiger partial charge in [0.2, 0.25) is 0 Å². The van der Waals surface area contributed by atoms with Gasteiger partial charge in [-0.15, -0.1) is 11.3 Å². The third kappa shape index (κ3) is 4.73. The van der Waals surface area contributed by atoms with E-state index < -0.39 is 0 Å². The van der Waals surface area contributed by atoms with Crippen LogP contribution in [0.4, 0.5) is 11.4 Å². The average Bonchev–Trinajstić information content (AvgIpc) is 3.98. The van der Waals surface area contributed by atoms with Crippen LogP contribution < -0.4 is 15.7 Å². The summed E-state index contributed by atoms with van der Waals surface area (Å²) in [4.78, 5) is 2.77. The summed E-state index contributed by atoms with van der Waals surface area (Å²) < 4.78 is 5.45. The zero-order valence-electron chi connectivity index (χ0n) is 39.7. The molecule has 4 heterocycles. The molecular weight excluding hydrogens is 816 g/mol. The highest BCUT2D eigenvalue weighted by Crippen LogP contribution is 2.58. The van der Waals surface area contributed by atoms with Crippen LogP contribution in [0, 0.1) is 0 Å². The van der Waals surface area contributed by atoms with Crippen molar-refractivity contribution in [3.63, 3.8) is 0 Å². The van der Waals surface area contributed by atoms with E-state index in [1.54, 1.807) is 0 Å². The van der Waals surface area contributed by atoms with Crippen molar-refractivity contribution in [3.8, 4) is 39.1 Å². The van der Waals surface area contributed by atoms with Gasteiger partial charge in [-0.25, -0.2) is 0 Å². The summed E-state index contributed by atoms with van der Waals surface area (Å²) in [5, 5.41) is 5.47. The highest BCUT2D eigenvalue weighted by Gasteiger charge is 2.49. The lowest BCUT2D eigenvalue weighted by atomic mass is 9.43. The minimum Gasteiger partial charge on any atom is -0.376 e. The van der Waals surface area contributed by atoms with E-state index in [9.17, 15) is 0 Å². The molecule has 0 amide bonds. The zero-order valence-corrected chi connectivity index (χ0v) is 40.5. The highest BCUT2D eigenvalue weighted by molar-refractivity contribution is 7.27. The van der Waals surface area contributed by atoms with Crippen LogP contribution in [0.5, 0.6) is 0 Å². The Balaban J connectivity index is 1.22. The van der Waals surface area contributed by atoms with Crippen LogP contribution in [0.3, 0.4) is 0 Å². The van der Waals surface area contributed by atoms with E-state index in [4.69, 9.17) is 0 Å². The van der Waals surface area contributed by atoms with E-state index in [0.717, 1.165) is 0 Å². The van der Waals surface area contributed by atoms with Crippen LogP contribution in [0.1, 0.15) is 103 Å². The van der Waals surface area contributed by atoms with E-state index in [1.165, 1.54) is 137 Å². The summed E-state index contributed by atoms with van der Waals surface area (Å²) in [6.07, 6.45) is 0. The third-order valence-electron chi connectivity index (χ3n) is 16.5. The van der Waals surface area contributed by atoms with Crippen LogP contribution in [-0.4, -0.2) is 11.4 Å². The van der Waals surface area contributed by atoms with Crippen molar-refractivity contribution < 1.29 is 0 Å². The molecule has 0 bridgehead atoms. The van der Waals surface area contributed by atoms with Crippen molar-refractivity contribution >= 4 is 82.5 Å². The average molecular weight is 869 g/mol. The van der Waals surface area contributed by atoms with E-state index in [2.05, 4.69) is 218 Å². The smallest absolute Gasteiger partial charge is 0.333 e. The lowest BCUT2D eigenvalue weighted by Gasteiger charge is -2.43. The van der Waals surface area contributed by atoms with Gasteiger partial charge < -0.3 is 9.38 Å². The molecule has 320 valence electrons. The monoisotopic (exact) mass is 868 g/mol. The Morgan fingerprint density at radius 2 is 1.11 bits per heavy atom. The molecule has 2 nitrogen and oxygen atoms in total. The molecule has 66 heavy (non-hydrogen) atoms. The lowest BCUT2D eigenvalue weighted by molar-refractivity contribution is 0.590. The van der Waals surface area contributed by atoms with Gasteiger partial charge in [0, 0.05) is 70.0 Å². The van der Waals surface area contributed by atoms with Gasteiger partial charge in [-0.05, 0) is 126 Å². The fraction of sp³-hybridized carbons (Fsp3) is 0.226. The Kier molecular flexibility index (Phi) is 7.27. The molecule has 0 saturated heterocycles. The molecule has 14 rings (SSSR count). The summed E-state index contributed by atoms with van der Waals surface area (Å²) in [5.41, 5.74) is 25.5. The quantitative estimate of drug-likeness (QED) is 0.149. The molecule has 10 aromatic rings. The number of fused-ring (bicyclic) bond motifs is 19. The predicted molar refractivity (Wildman–Crippen MR) is 285 cm³/mol. The summed E-state index contributed by atoms with van der Waals surface area (Å²) in [7, 11) is 0. The third-order valence-corrected chi connectivity index (χ3v) is 17.7. The Morgan fingerprint density at radius 1 is 0.500 bits per heavy atom. The van der Waals surface area contributed by atoms with Gasteiger partial charge in [-0.2, -0.15) is 0 Å². The molecule has 2 aromatic heterocycles. The van der Waals surface area contributed by atoms with Crippen LogP contribution in [0.15, 0.2) is 140 Å². The molecule has 0 unspecified atom stereocenters. The van der Waals surface area contributed by atoms with Gasteiger partial charge in [-0.1, -0.05) is 160 Å². The molecule has 0 saturated carbocycles. The van der Waals surface area contributed by atoms with Gasteiger partial charge >= 0.3 is 6.85 Å². The molecule has 2 aliphatic heterocycles. The van der Waals surface area contributed by atoms with Crippen molar-refractivity contribution in [3.05, 3.63) is 173 Å². The molecule has 0 atom stereocenters. The summed E-state index contributed by atoms with van der Waals surface area (Å²) >= 11 is 1.99. The van der Waals surface area contributed by atoms with Gasteiger partial charge in [0.15, 0.2) is 0 Å². The maximum atomic E-state index is 2.77. The summed E-state index contributed by atoms with van der Waals surface area (Å²) in [6, 6.07) is 55.0. The molecule has 0 spiro atoms. The van der Waals surface area contributed by atoms with E-state index in [0.29, 0.717) is 0 Å². The van der Waals surface area contributed by atoms with Gasteiger partial charge in [0.1, 0.15) is 0 Å². The topological polar surface area (TPSA) is 8.17 Å². The molecular formula is C62H53BN2S. The maximum Gasteiger partial charge on any atom is 0.333 e. The number of thiophene rings is 1. The van der Waals surface area contributed by atoms with Crippen molar-refractivity contribution in [2.24, 2.45) is 0 Å². The van der Waals surface area contributed by atoms with E-state index in [1.807, 2.05) is 11.3 Å². The van der Waals surface area contributed by atoms with Crippen molar-refractivity contribution in [2.75, 3.05) is 4.81 Å². The van der Waals surface area contributed by atoms with Crippen molar-refractivity contribution in [1.29, 1.82) is 0 Å². The molecule has 4 heteroatoms. The van der Waals surface area contributed by atoms with Crippen LogP contribution >= 0.6 is 11.3 Å². The second kappa shape index (κ2) is 12.3. The van der Waals surface area contributed by atoms with Gasteiger partial charge in [0.25, 0.3) is 0 Å². The number of benzene rings is 8.